The summed E-state index contributed by atoms with van der Waals surface area (Å²) in [5.74, 6) is 0.518. The van der Waals surface area contributed by atoms with Crippen molar-refractivity contribution in [3.63, 3.8) is 0 Å². The summed E-state index contributed by atoms with van der Waals surface area (Å²) in [5, 5.41) is 0. The number of methoxy groups -OCH3 is 1. The van der Waals surface area contributed by atoms with Crippen molar-refractivity contribution in [2.75, 3.05) is 13.7 Å². The standard InChI is InChI=1S/C16H20N2O3/c1-5-21-16(19)14-7-6-8-18(14)10-13-12(3)15(20-4)11(2)9-17-13/h6-9H,5,10H2,1-4H3. The number of aryl methyl sites for hydroxylation is 1. The van der Waals surface area contributed by atoms with Crippen LogP contribution in [0, 0.1) is 13.8 Å². The third kappa shape index (κ3) is 3.07. The highest BCUT2D eigenvalue weighted by Gasteiger charge is 2.15. The Labute approximate surface area is 124 Å². The second-order valence-corrected chi connectivity index (χ2v) is 4.79. The van der Waals surface area contributed by atoms with Gasteiger partial charge in [-0.3, -0.25) is 4.98 Å². The van der Waals surface area contributed by atoms with Crippen molar-refractivity contribution in [1.82, 2.24) is 9.55 Å². The van der Waals surface area contributed by atoms with Gasteiger partial charge in [0, 0.05) is 23.5 Å². The van der Waals surface area contributed by atoms with Crippen molar-refractivity contribution in [2.24, 2.45) is 0 Å². The number of rotatable bonds is 5. The molecular formula is C16H20N2O3. The van der Waals surface area contributed by atoms with E-state index in [1.807, 2.05) is 30.7 Å². The van der Waals surface area contributed by atoms with Gasteiger partial charge in [-0.15, -0.1) is 0 Å². The molecule has 0 bridgehead atoms. The predicted molar refractivity (Wildman–Crippen MR) is 79.8 cm³/mol. The second-order valence-electron chi connectivity index (χ2n) is 4.79. The Bertz CT molecular complexity index is 647. The van der Waals surface area contributed by atoms with Crippen molar-refractivity contribution >= 4 is 5.97 Å². The van der Waals surface area contributed by atoms with E-state index in [-0.39, 0.29) is 5.97 Å². The molecule has 0 atom stereocenters. The van der Waals surface area contributed by atoms with Gasteiger partial charge in [-0.2, -0.15) is 0 Å². The van der Waals surface area contributed by atoms with Gasteiger partial charge in [0.1, 0.15) is 11.4 Å². The van der Waals surface area contributed by atoms with Gasteiger partial charge in [0.05, 0.1) is 26.0 Å². The van der Waals surface area contributed by atoms with Crippen LogP contribution < -0.4 is 4.74 Å². The minimum atomic E-state index is -0.320. The molecule has 2 aromatic rings. The lowest BCUT2D eigenvalue weighted by Crippen LogP contribution is -2.14. The summed E-state index contributed by atoms with van der Waals surface area (Å²) in [5.41, 5.74) is 3.38. The third-order valence-electron chi connectivity index (χ3n) is 3.38. The zero-order chi connectivity index (χ0) is 15.4. The second kappa shape index (κ2) is 6.43. The van der Waals surface area contributed by atoms with Crippen LogP contribution in [0.4, 0.5) is 0 Å². The first kappa shape index (κ1) is 15.1. The highest BCUT2D eigenvalue weighted by Crippen LogP contribution is 2.24. The molecule has 0 amide bonds. The highest BCUT2D eigenvalue weighted by molar-refractivity contribution is 5.87. The van der Waals surface area contributed by atoms with E-state index in [9.17, 15) is 4.79 Å². The first-order chi connectivity index (χ1) is 10.1. The fraction of sp³-hybridized carbons (Fsp3) is 0.375. The summed E-state index contributed by atoms with van der Waals surface area (Å²) in [4.78, 5) is 16.3. The summed E-state index contributed by atoms with van der Waals surface area (Å²) in [6.07, 6.45) is 3.63. The maximum atomic E-state index is 11.9. The summed E-state index contributed by atoms with van der Waals surface area (Å²) in [6, 6.07) is 3.58. The molecule has 0 radical (unpaired) electrons. The largest absolute Gasteiger partial charge is 0.496 e. The number of nitrogens with zero attached hydrogens (tertiary/aromatic N) is 2. The van der Waals surface area contributed by atoms with E-state index in [2.05, 4.69) is 4.98 Å². The number of hydrogen-bond donors (Lipinski definition) is 0. The van der Waals surface area contributed by atoms with E-state index in [0.29, 0.717) is 18.8 Å². The number of pyridine rings is 1. The monoisotopic (exact) mass is 288 g/mol. The van der Waals surface area contributed by atoms with Gasteiger partial charge >= 0.3 is 5.97 Å². The maximum absolute atomic E-state index is 11.9. The van der Waals surface area contributed by atoms with Gasteiger partial charge < -0.3 is 14.0 Å². The molecular weight excluding hydrogens is 268 g/mol. The molecule has 2 aromatic heterocycles. The number of ether oxygens (including phenoxy) is 2. The van der Waals surface area contributed by atoms with Crippen molar-refractivity contribution in [2.45, 2.75) is 27.3 Å². The lowest BCUT2D eigenvalue weighted by Gasteiger charge is -2.14. The molecule has 112 valence electrons. The molecule has 0 saturated heterocycles. The molecule has 21 heavy (non-hydrogen) atoms. The SMILES string of the molecule is CCOC(=O)c1cccn1Cc1ncc(C)c(OC)c1C. The van der Waals surface area contributed by atoms with E-state index in [4.69, 9.17) is 9.47 Å². The molecule has 0 N–H and O–H groups in total. The third-order valence-corrected chi connectivity index (χ3v) is 3.38. The molecule has 0 saturated carbocycles. The van der Waals surface area contributed by atoms with Crippen LogP contribution in [0.3, 0.4) is 0 Å². The van der Waals surface area contributed by atoms with Crippen molar-refractivity contribution in [3.8, 4) is 5.75 Å². The molecule has 2 heterocycles. The van der Waals surface area contributed by atoms with Gasteiger partial charge in [0.2, 0.25) is 0 Å². The van der Waals surface area contributed by atoms with Gasteiger partial charge in [0.15, 0.2) is 0 Å². The number of carbonyl (C=O) groups is 1. The number of esters is 1. The molecule has 0 aliphatic carbocycles. The van der Waals surface area contributed by atoms with Crippen LogP contribution in [0.25, 0.3) is 0 Å². The normalized spacial score (nSPS) is 10.5. The quantitative estimate of drug-likeness (QED) is 0.794. The van der Waals surface area contributed by atoms with Crippen molar-refractivity contribution in [1.29, 1.82) is 0 Å². The van der Waals surface area contributed by atoms with E-state index in [1.54, 1.807) is 26.3 Å². The van der Waals surface area contributed by atoms with E-state index >= 15 is 0 Å². The highest BCUT2D eigenvalue weighted by atomic mass is 16.5. The molecule has 2 rings (SSSR count). The molecule has 0 unspecified atom stereocenters. The maximum Gasteiger partial charge on any atom is 0.354 e. The Morgan fingerprint density at radius 3 is 2.81 bits per heavy atom. The molecule has 0 aliphatic heterocycles. The average molecular weight is 288 g/mol. The molecule has 5 heteroatoms. The summed E-state index contributed by atoms with van der Waals surface area (Å²) >= 11 is 0. The van der Waals surface area contributed by atoms with Gasteiger partial charge in [-0.1, -0.05) is 0 Å². The molecule has 0 fully saturated rings. The van der Waals surface area contributed by atoms with Crippen LogP contribution in [0.15, 0.2) is 24.5 Å². The lowest BCUT2D eigenvalue weighted by molar-refractivity contribution is 0.0514. The summed E-state index contributed by atoms with van der Waals surface area (Å²) in [7, 11) is 1.65. The zero-order valence-electron chi connectivity index (χ0n) is 12.8. The van der Waals surface area contributed by atoms with Crippen LogP contribution in [0.5, 0.6) is 5.75 Å². The van der Waals surface area contributed by atoms with Crippen LogP contribution in [0.2, 0.25) is 0 Å². The van der Waals surface area contributed by atoms with E-state index in [0.717, 1.165) is 22.6 Å². The molecule has 0 spiro atoms. The Balaban J connectivity index is 2.32. The minimum absolute atomic E-state index is 0.320. The topological polar surface area (TPSA) is 53.4 Å². The number of aromatic nitrogens is 2. The van der Waals surface area contributed by atoms with E-state index < -0.39 is 0 Å². The summed E-state index contributed by atoms with van der Waals surface area (Å²) < 4.78 is 12.3. The Morgan fingerprint density at radius 2 is 2.14 bits per heavy atom. The number of carbonyl (C=O) groups excluding carboxylic acids is 1. The van der Waals surface area contributed by atoms with Crippen LogP contribution >= 0.6 is 0 Å². The smallest absolute Gasteiger partial charge is 0.354 e. The van der Waals surface area contributed by atoms with Crippen LogP contribution in [-0.2, 0) is 11.3 Å². The lowest BCUT2D eigenvalue weighted by atomic mass is 10.1. The van der Waals surface area contributed by atoms with Gasteiger partial charge in [0.25, 0.3) is 0 Å². The Hall–Kier alpha value is -2.30. The van der Waals surface area contributed by atoms with Crippen LogP contribution in [-0.4, -0.2) is 29.2 Å². The molecule has 0 aliphatic rings. The van der Waals surface area contributed by atoms with E-state index in [1.165, 1.54) is 0 Å². The Kier molecular flexibility index (Phi) is 4.62. The Morgan fingerprint density at radius 1 is 1.38 bits per heavy atom. The number of hydrogen-bond acceptors (Lipinski definition) is 4. The van der Waals surface area contributed by atoms with Gasteiger partial charge in [-0.25, -0.2) is 4.79 Å². The fourth-order valence-electron chi connectivity index (χ4n) is 2.33. The minimum Gasteiger partial charge on any atom is -0.496 e. The average Bonchev–Trinajstić information content (AvgIpc) is 2.91. The summed E-state index contributed by atoms with van der Waals surface area (Å²) in [6.45, 7) is 6.59. The van der Waals surface area contributed by atoms with Crippen molar-refractivity contribution in [3.05, 3.63) is 47.0 Å². The zero-order valence-corrected chi connectivity index (χ0v) is 12.8. The first-order valence-corrected chi connectivity index (χ1v) is 6.89. The molecule has 5 nitrogen and oxygen atoms in total. The predicted octanol–water partition coefficient (Wildman–Crippen LogP) is 2.73. The first-order valence-electron chi connectivity index (χ1n) is 6.89. The van der Waals surface area contributed by atoms with Gasteiger partial charge in [-0.05, 0) is 32.9 Å². The van der Waals surface area contributed by atoms with Crippen molar-refractivity contribution < 1.29 is 14.3 Å². The fourth-order valence-corrected chi connectivity index (χ4v) is 2.33. The van der Waals surface area contributed by atoms with Crippen LogP contribution in [0.1, 0.15) is 34.2 Å². The molecule has 0 aromatic carbocycles.